The lowest BCUT2D eigenvalue weighted by molar-refractivity contribution is 0.594. The van der Waals surface area contributed by atoms with E-state index in [-0.39, 0.29) is 0 Å². The van der Waals surface area contributed by atoms with Gasteiger partial charge in [-0.05, 0) is 61.0 Å². The lowest BCUT2D eigenvalue weighted by Crippen LogP contribution is -2.15. The molecule has 1 aliphatic heterocycles. The summed E-state index contributed by atoms with van der Waals surface area (Å²) in [6, 6.07) is 5.75. The quantitative estimate of drug-likeness (QED) is 0.840. The summed E-state index contributed by atoms with van der Waals surface area (Å²) in [5.74, 6) is 2.61. The van der Waals surface area contributed by atoms with E-state index in [9.17, 15) is 0 Å². The van der Waals surface area contributed by atoms with Crippen molar-refractivity contribution in [2.24, 2.45) is 17.8 Å². The number of rotatable bonds is 2. The molecule has 3 rings (SSSR count). The van der Waals surface area contributed by atoms with Gasteiger partial charge < -0.3 is 5.32 Å². The van der Waals surface area contributed by atoms with E-state index in [0.717, 1.165) is 34.2 Å². The molecule has 0 amide bonds. The molecule has 2 aliphatic rings. The molecule has 1 heterocycles. The third-order valence-corrected chi connectivity index (χ3v) is 4.34. The minimum Gasteiger partial charge on any atom is -0.316 e. The van der Waals surface area contributed by atoms with Crippen LogP contribution in [0.15, 0.2) is 18.2 Å². The summed E-state index contributed by atoms with van der Waals surface area (Å²) in [5.41, 5.74) is 1.21. The number of nitrogens with one attached hydrogen (secondary N) is 1. The lowest BCUT2D eigenvalue weighted by Gasteiger charge is -2.07. The first-order chi connectivity index (χ1) is 7.25. The second-order valence-electron chi connectivity index (χ2n) is 4.59. The molecule has 1 saturated carbocycles. The Morgan fingerprint density at radius 1 is 1.20 bits per heavy atom. The second-order valence-corrected chi connectivity index (χ2v) is 5.43. The maximum Gasteiger partial charge on any atom is 0.0439 e. The summed E-state index contributed by atoms with van der Waals surface area (Å²) in [6.45, 7) is 2.38. The fraction of sp³-hybridized carbons (Fsp3) is 0.500. The van der Waals surface area contributed by atoms with E-state index in [2.05, 4.69) is 5.32 Å². The van der Waals surface area contributed by atoms with Crippen LogP contribution in [0, 0.1) is 17.8 Å². The van der Waals surface area contributed by atoms with Crippen molar-refractivity contribution < 1.29 is 0 Å². The molecule has 15 heavy (non-hydrogen) atoms. The van der Waals surface area contributed by atoms with E-state index in [1.165, 1.54) is 18.7 Å². The maximum atomic E-state index is 6.15. The van der Waals surface area contributed by atoms with Crippen molar-refractivity contribution in [3.05, 3.63) is 33.8 Å². The van der Waals surface area contributed by atoms with Gasteiger partial charge in [-0.3, -0.25) is 0 Å². The molecule has 80 valence electrons. The molecule has 2 fully saturated rings. The molecular formula is C12H13Cl2N. The normalized spacial score (nSPS) is 32.8. The van der Waals surface area contributed by atoms with Crippen LogP contribution >= 0.6 is 23.2 Å². The van der Waals surface area contributed by atoms with Crippen molar-refractivity contribution >= 4 is 23.2 Å². The predicted molar refractivity (Wildman–Crippen MR) is 63.5 cm³/mol. The van der Waals surface area contributed by atoms with Crippen molar-refractivity contribution in [2.75, 3.05) is 13.1 Å². The van der Waals surface area contributed by atoms with Crippen LogP contribution in [0.1, 0.15) is 5.56 Å². The van der Waals surface area contributed by atoms with Crippen LogP contribution in [0.4, 0.5) is 0 Å². The summed E-state index contributed by atoms with van der Waals surface area (Å²) in [6.07, 6.45) is 1.09. The standard InChI is InChI=1S/C12H13Cl2N/c13-8-1-2-12(14)7(3-8)4-9-10-5-15-6-11(9)10/h1-3,9-11,15H,4-6H2. The van der Waals surface area contributed by atoms with Crippen LogP contribution < -0.4 is 5.32 Å². The highest BCUT2D eigenvalue weighted by atomic mass is 35.5. The van der Waals surface area contributed by atoms with Gasteiger partial charge in [0.25, 0.3) is 0 Å². The van der Waals surface area contributed by atoms with Crippen LogP contribution in [0.5, 0.6) is 0 Å². The van der Waals surface area contributed by atoms with Crippen LogP contribution in [-0.4, -0.2) is 13.1 Å². The summed E-state index contributed by atoms with van der Waals surface area (Å²) in [5, 5.41) is 5.05. The third-order valence-electron chi connectivity index (χ3n) is 3.73. The molecular weight excluding hydrogens is 229 g/mol. The number of hydrogen-bond acceptors (Lipinski definition) is 1. The lowest BCUT2D eigenvalue weighted by atomic mass is 10.1. The fourth-order valence-electron chi connectivity index (χ4n) is 2.80. The molecule has 0 spiro atoms. The van der Waals surface area contributed by atoms with Gasteiger partial charge in [0, 0.05) is 10.0 Å². The van der Waals surface area contributed by atoms with Crippen molar-refractivity contribution in [2.45, 2.75) is 6.42 Å². The van der Waals surface area contributed by atoms with Gasteiger partial charge in [0.05, 0.1) is 0 Å². The number of hydrogen-bond donors (Lipinski definition) is 1. The van der Waals surface area contributed by atoms with Gasteiger partial charge in [-0.25, -0.2) is 0 Å². The molecule has 1 N–H and O–H groups in total. The minimum atomic E-state index is 0.790. The molecule has 1 aromatic rings. The summed E-state index contributed by atoms with van der Waals surface area (Å²) in [4.78, 5) is 0. The van der Waals surface area contributed by atoms with Crippen LogP contribution in [-0.2, 0) is 6.42 Å². The Balaban J connectivity index is 1.74. The predicted octanol–water partition coefficient (Wildman–Crippen LogP) is 3.00. The molecule has 2 unspecified atom stereocenters. The average molecular weight is 242 g/mol. The zero-order chi connectivity index (χ0) is 10.4. The Morgan fingerprint density at radius 3 is 2.67 bits per heavy atom. The summed E-state index contributed by atoms with van der Waals surface area (Å²) in [7, 11) is 0. The summed E-state index contributed by atoms with van der Waals surface area (Å²) < 4.78 is 0. The Hall–Kier alpha value is -0.240. The first kappa shape index (κ1) is 9.95. The first-order valence-electron chi connectivity index (χ1n) is 5.40. The van der Waals surface area contributed by atoms with E-state index in [1.54, 1.807) is 0 Å². The molecule has 0 aromatic heterocycles. The second kappa shape index (κ2) is 3.65. The van der Waals surface area contributed by atoms with E-state index in [0.29, 0.717) is 0 Å². The highest BCUT2D eigenvalue weighted by Gasteiger charge is 2.52. The third kappa shape index (κ3) is 1.77. The van der Waals surface area contributed by atoms with E-state index in [1.807, 2.05) is 18.2 Å². The van der Waals surface area contributed by atoms with Gasteiger partial charge in [0.1, 0.15) is 0 Å². The van der Waals surface area contributed by atoms with Crippen molar-refractivity contribution in [3.8, 4) is 0 Å². The smallest absolute Gasteiger partial charge is 0.0439 e. The number of piperidine rings is 1. The van der Waals surface area contributed by atoms with Crippen LogP contribution in [0.2, 0.25) is 10.0 Å². The molecule has 1 nitrogen and oxygen atoms in total. The van der Waals surface area contributed by atoms with E-state index < -0.39 is 0 Å². The molecule has 1 aromatic carbocycles. The zero-order valence-electron chi connectivity index (χ0n) is 8.34. The van der Waals surface area contributed by atoms with Gasteiger partial charge in [0.2, 0.25) is 0 Å². The Kier molecular flexibility index (Phi) is 2.42. The molecule has 2 atom stereocenters. The molecule has 1 saturated heterocycles. The maximum absolute atomic E-state index is 6.15. The van der Waals surface area contributed by atoms with Crippen molar-refractivity contribution in [1.82, 2.24) is 5.32 Å². The van der Waals surface area contributed by atoms with Gasteiger partial charge in [-0.1, -0.05) is 23.2 Å². The van der Waals surface area contributed by atoms with E-state index >= 15 is 0 Å². The fourth-order valence-corrected chi connectivity index (χ4v) is 3.19. The first-order valence-corrected chi connectivity index (χ1v) is 6.16. The SMILES string of the molecule is Clc1ccc(Cl)c(CC2C3CNCC32)c1. The summed E-state index contributed by atoms with van der Waals surface area (Å²) >= 11 is 12.1. The number of benzene rings is 1. The topological polar surface area (TPSA) is 12.0 Å². The zero-order valence-corrected chi connectivity index (χ0v) is 9.85. The molecule has 0 bridgehead atoms. The number of halogens is 2. The van der Waals surface area contributed by atoms with Crippen molar-refractivity contribution in [1.29, 1.82) is 0 Å². The highest BCUT2D eigenvalue weighted by molar-refractivity contribution is 6.33. The van der Waals surface area contributed by atoms with Gasteiger partial charge in [-0.2, -0.15) is 0 Å². The van der Waals surface area contributed by atoms with E-state index in [4.69, 9.17) is 23.2 Å². The molecule has 3 heteroatoms. The Morgan fingerprint density at radius 2 is 1.93 bits per heavy atom. The van der Waals surface area contributed by atoms with Crippen LogP contribution in [0.25, 0.3) is 0 Å². The van der Waals surface area contributed by atoms with Crippen LogP contribution in [0.3, 0.4) is 0 Å². The molecule has 0 radical (unpaired) electrons. The minimum absolute atomic E-state index is 0.790. The largest absolute Gasteiger partial charge is 0.316 e. The average Bonchev–Trinajstić information content (AvgIpc) is 2.68. The molecule has 1 aliphatic carbocycles. The highest BCUT2D eigenvalue weighted by Crippen LogP contribution is 2.50. The van der Waals surface area contributed by atoms with Gasteiger partial charge in [-0.15, -0.1) is 0 Å². The number of fused-ring (bicyclic) bond motifs is 1. The Bertz CT molecular complexity index is 381. The monoisotopic (exact) mass is 241 g/mol. The Labute approximate surface area is 99.8 Å². The van der Waals surface area contributed by atoms with Gasteiger partial charge in [0.15, 0.2) is 0 Å². The van der Waals surface area contributed by atoms with Gasteiger partial charge >= 0.3 is 0 Å². The van der Waals surface area contributed by atoms with Crippen molar-refractivity contribution in [3.63, 3.8) is 0 Å².